The van der Waals surface area contributed by atoms with Crippen molar-refractivity contribution in [3.8, 4) is 17.1 Å². The highest BCUT2D eigenvalue weighted by atomic mass is 16.5. The number of methoxy groups -OCH3 is 1. The van der Waals surface area contributed by atoms with Crippen LogP contribution >= 0.6 is 0 Å². The van der Waals surface area contributed by atoms with Gasteiger partial charge in [0, 0.05) is 30.3 Å². The second-order valence-electron chi connectivity index (χ2n) is 5.96. The fraction of sp³-hybridized carbons (Fsp3) is 0.471. The van der Waals surface area contributed by atoms with E-state index in [9.17, 15) is 4.79 Å². The van der Waals surface area contributed by atoms with Crippen molar-refractivity contribution in [2.24, 2.45) is 0 Å². The lowest BCUT2D eigenvalue weighted by molar-refractivity contribution is -0.116. The molecule has 0 saturated carbocycles. The molecule has 128 valence electrons. The molecule has 7 nitrogen and oxygen atoms in total. The van der Waals surface area contributed by atoms with Crippen LogP contribution in [0.3, 0.4) is 0 Å². The number of carbonyl (C=O) groups is 1. The van der Waals surface area contributed by atoms with Crippen LogP contribution in [0.1, 0.15) is 25.7 Å². The number of likely N-dealkylation sites (tertiary alicyclic amines) is 1. The van der Waals surface area contributed by atoms with Gasteiger partial charge in [-0.25, -0.2) is 4.98 Å². The van der Waals surface area contributed by atoms with E-state index in [1.807, 2.05) is 12.1 Å². The summed E-state index contributed by atoms with van der Waals surface area (Å²) in [6, 6.07) is 5.46. The summed E-state index contributed by atoms with van der Waals surface area (Å²) in [6.45, 7) is 3.34. The average molecular weight is 329 g/mol. The average Bonchev–Trinajstić information content (AvgIpc) is 3.27. The van der Waals surface area contributed by atoms with Gasteiger partial charge in [-0.05, 0) is 45.0 Å². The Bertz CT molecular complexity index is 662. The van der Waals surface area contributed by atoms with Crippen LogP contribution < -0.4 is 10.1 Å². The zero-order chi connectivity index (χ0) is 16.8. The highest BCUT2D eigenvalue weighted by Crippen LogP contribution is 2.20. The van der Waals surface area contributed by atoms with Gasteiger partial charge in [0.2, 0.25) is 11.8 Å². The van der Waals surface area contributed by atoms with Crippen LogP contribution in [-0.4, -0.2) is 52.7 Å². The van der Waals surface area contributed by atoms with Gasteiger partial charge in [0.25, 0.3) is 0 Å². The normalized spacial score (nSPS) is 14.7. The Hall–Kier alpha value is -2.41. The first kappa shape index (κ1) is 16.4. The Morgan fingerprint density at radius 1 is 1.38 bits per heavy atom. The molecule has 0 aromatic carbocycles. The number of H-pyrrole nitrogens is 1. The van der Waals surface area contributed by atoms with E-state index >= 15 is 0 Å². The lowest BCUT2D eigenvalue weighted by Crippen LogP contribution is -2.22. The van der Waals surface area contributed by atoms with Crippen molar-refractivity contribution in [2.75, 3.05) is 32.1 Å². The molecular weight excluding hydrogens is 306 g/mol. The number of nitrogens with zero attached hydrogens (tertiary/aromatic N) is 3. The van der Waals surface area contributed by atoms with Crippen LogP contribution in [0.4, 0.5) is 5.82 Å². The monoisotopic (exact) mass is 329 g/mol. The molecule has 0 spiro atoms. The third-order valence-corrected chi connectivity index (χ3v) is 4.17. The van der Waals surface area contributed by atoms with Gasteiger partial charge in [0.15, 0.2) is 0 Å². The molecular formula is C17H23N5O2. The molecule has 1 fully saturated rings. The molecule has 24 heavy (non-hydrogen) atoms. The Morgan fingerprint density at radius 2 is 2.21 bits per heavy atom. The summed E-state index contributed by atoms with van der Waals surface area (Å²) in [5.74, 6) is 1.17. The highest BCUT2D eigenvalue weighted by molar-refractivity contribution is 5.90. The fourth-order valence-corrected chi connectivity index (χ4v) is 2.87. The summed E-state index contributed by atoms with van der Waals surface area (Å²) < 4.78 is 5.04. The number of aromatic nitrogens is 3. The molecule has 2 aromatic heterocycles. The number of pyridine rings is 1. The second-order valence-corrected chi connectivity index (χ2v) is 5.96. The molecule has 1 amide bonds. The number of hydrogen-bond donors (Lipinski definition) is 2. The molecule has 0 bridgehead atoms. The van der Waals surface area contributed by atoms with Crippen molar-refractivity contribution >= 4 is 11.7 Å². The Morgan fingerprint density at radius 3 is 2.92 bits per heavy atom. The van der Waals surface area contributed by atoms with E-state index in [0.717, 1.165) is 24.2 Å². The lowest BCUT2D eigenvalue weighted by atomic mass is 10.2. The van der Waals surface area contributed by atoms with E-state index in [4.69, 9.17) is 4.74 Å². The van der Waals surface area contributed by atoms with Crippen molar-refractivity contribution < 1.29 is 9.53 Å². The van der Waals surface area contributed by atoms with E-state index in [1.54, 1.807) is 19.4 Å². The minimum Gasteiger partial charge on any atom is -0.481 e. The van der Waals surface area contributed by atoms with Gasteiger partial charge in [-0.2, -0.15) is 5.10 Å². The van der Waals surface area contributed by atoms with Crippen molar-refractivity contribution in [2.45, 2.75) is 25.7 Å². The summed E-state index contributed by atoms with van der Waals surface area (Å²) in [7, 11) is 1.58. The van der Waals surface area contributed by atoms with Gasteiger partial charge in [-0.1, -0.05) is 0 Å². The van der Waals surface area contributed by atoms with E-state index in [-0.39, 0.29) is 5.91 Å². The Balaban J connectivity index is 1.48. The van der Waals surface area contributed by atoms with Crippen LogP contribution in [0.25, 0.3) is 11.3 Å². The third kappa shape index (κ3) is 4.32. The molecule has 7 heteroatoms. The highest BCUT2D eigenvalue weighted by Gasteiger charge is 2.12. The van der Waals surface area contributed by atoms with Gasteiger partial charge in [-0.3, -0.25) is 9.89 Å². The standard InChI is InChI=1S/C17H23N5O2/c1-24-17-7-6-13(12-18-17)14-11-15(21-20-14)19-16(23)5-4-10-22-8-2-3-9-22/h6-7,11-12H,2-5,8-10H2,1H3,(H2,19,20,21,23). The van der Waals surface area contributed by atoms with E-state index in [2.05, 4.69) is 25.4 Å². The minimum absolute atomic E-state index is 0.0113. The number of ether oxygens (including phenoxy) is 1. The summed E-state index contributed by atoms with van der Waals surface area (Å²) in [5.41, 5.74) is 1.60. The topological polar surface area (TPSA) is 83.1 Å². The van der Waals surface area contributed by atoms with Gasteiger partial charge in [-0.15, -0.1) is 0 Å². The maximum Gasteiger partial charge on any atom is 0.225 e. The second kappa shape index (κ2) is 7.92. The number of hydrogen-bond acceptors (Lipinski definition) is 5. The van der Waals surface area contributed by atoms with Gasteiger partial charge in [0.1, 0.15) is 5.82 Å². The third-order valence-electron chi connectivity index (χ3n) is 4.17. The maximum atomic E-state index is 12.0. The summed E-state index contributed by atoms with van der Waals surface area (Å²) in [4.78, 5) is 18.6. The summed E-state index contributed by atoms with van der Waals surface area (Å²) in [6.07, 6.45) is 5.66. The summed E-state index contributed by atoms with van der Waals surface area (Å²) >= 11 is 0. The van der Waals surface area contributed by atoms with Crippen LogP contribution in [0.2, 0.25) is 0 Å². The SMILES string of the molecule is COc1ccc(-c2cc(NC(=O)CCCN3CCCC3)[nH]n2)cn1. The van der Waals surface area contributed by atoms with Crippen LogP contribution in [-0.2, 0) is 4.79 Å². The smallest absolute Gasteiger partial charge is 0.225 e. The molecule has 0 unspecified atom stereocenters. The molecule has 0 aliphatic carbocycles. The predicted molar refractivity (Wildman–Crippen MR) is 91.9 cm³/mol. The first-order chi connectivity index (χ1) is 11.7. The molecule has 1 saturated heterocycles. The first-order valence-electron chi connectivity index (χ1n) is 8.32. The fourth-order valence-electron chi connectivity index (χ4n) is 2.87. The lowest BCUT2D eigenvalue weighted by Gasteiger charge is -2.13. The predicted octanol–water partition coefficient (Wildman–Crippen LogP) is 2.29. The van der Waals surface area contributed by atoms with Crippen molar-refractivity contribution in [3.63, 3.8) is 0 Å². The molecule has 1 aliphatic rings. The number of nitrogens with one attached hydrogen (secondary N) is 2. The zero-order valence-electron chi connectivity index (χ0n) is 13.9. The van der Waals surface area contributed by atoms with Gasteiger partial charge < -0.3 is 15.0 Å². The molecule has 3 rings (SSSR count). The number of rotatable bonds is 7. The number of aromatic amines is 1. The number of carbonyl (C=O) groups excluding carboxylic acids is 1. The van der Waals surface area contributed by atoms with Crippen LogP contribution in [0.5, 0.6) is 5.88 Å². The first-order valence-corrected chi connectivity index (χ1v) is 8.32. The number of anilines is 1. The molecule has 1 aliphatic heterocycles. The summed E-state index contributed by atoms with van der Waals surface area (Å²) in [5, 5.41) is 9.91. The van der Waals surface area contributed by atoms with Crippen LogP contribution in [0.15, 0.2) is 24.4 Å². The molecule has 0 atom stereocenters. The van der Waals surface area contributed by atoms with Crippen molar-refractivity contribution in [1.82, 2.24) is 20.1 Å². The Kier molecular flexibility index (Phi) is 5.43. The van der Waals surface area contributed by atoms with E-state index < -0.39 is 0 Å². The van der Waals surface area contributed by atoms with E-state index in [1.165, 1.54) is 25.9 Å². The molecule has 0 radical (unpaired) electrons. The van der Waals surface area contributed by atoms with Crippen molar-refractivity contribution in [1.29, 1.82) is 0 Å². The van der Waals surface area contributed by atoms with E-state index in [0.29, 0.717) is 18.1 Å². The minimum atomic E-state index is 0.0113. The molecule has 2 aromatic rings. The maximum absolute atomic E-state index is 12.0. The zero-order valence-corrected chi connectivity index (χ0v) is 13.9. The number of amides is 1. The van der Waals surface area contributed by atoms with Gasteiger partial charge >= 0.3 is 0 Å². The molecule has 2 N–H and O–H groups in total. The van der Waals surface area contributed by atoms with Gasteiger partial charge in [0.05, 0.1) is 12.8 Å². The molecule has 3 heterocycles. The Labute approximate surface area is 141 Å². The largest absolute Gasteiger partial charge is 0.481 e. The van der Waals surface area contributed by atoms with Crippen molar-refractivity contribution in [3.05, 3.63) is 24.4 Å². The quantitative estimate of drug-likeness (QED) is 0.814. The van der Waals surface area contributed by atoms with Crippen LogP contribution in [0, 0.1) is 0 Å².